The normalized spacial score (nSPS) is 16.9. The van der Waals surface area contributed by atoms with Crippen molar-refractivity contribution in [3.63, 3.8) is 0 Å². The second-order valence-electron chi connectivity index (χ2n) is 8.58. The van der Waals surface area contributed by atoms with Crippen LogP contribution in [0.3, 0.4) is 0 Å². The predicted octanol–water partition coefficient (Wildman–Crippen LogP) is 9.01. The minimum Gasteiger partial charge on any atom is -0.163 e. The Morgan fingerprint density at radius 3 is 2.24 bits per heavy atom. The summed E-state index contributed by atoms with van der Waals surface area (Å²) in [4.78, 5) is 0. The molecule has 160 valence electrons. The largest absolute Gasteiger partial charge is 0.163 e. The van der Waals surface area contributed by atoms with E-state index in [9.17, 15) is 0 Å². The number of hydrogen-bond donors (Lipinski definition) is 1. The Labute approximate surface area is 186 Å². The maximum absolute atomic E-state index is 5.06. The molecule has 0 saturated carbocycles. The van der Waals surface area contributed by atoms with Gasteiger partial charge in [-0.05, 0) is 89.3 Å². The van der Waals surface area contributed by atoms with E-state index in [0.717, 1.165) is 18.8 Å². The summed E-state index contributed by atoms with van der Waals surface area (Å²) in [6.07, 6.45) is 16.9. The van der Waals surface area contributed by atoms with Crippen molar-refractivity contribution in [3.8, 4) is 0 Å². The summed E-state index contributed by atoms with van der Waals surface area (Å²) in [5, 5.41) is 0. The van der Waals surface area contributed by atoms with Gasteiger partial charge in [0.25, 0.3) is 0 Å². The summed E-state index contributed by atoms with van der Waals surface area (Å²) in [6, 6.07) is 9.08. The number of thiol groups is 1. The molecular formula is C28H42S. The summed E-state index contributed by atoms with van der Waals surface area (Å²) in [5.74, 6) is 0.762. The van der Waals surface area contributed by atoms with E-state index < -0.39 is 0 Å². The average Bonchev–Trinajstić information content (AvgIpc) is 2.73. The molecule has 2 atom stereocenters. The fourth-order valence-corrected chi connectivity index (χ4v) is 3.55. The van der Waals surface area contributed by atoms with Crippen molar-refractivity contribution in [1.82, 2.24) is 0 Å². The maximum atomic E-state index is 5.06. The molecule has 1 rings (SSSR count). The van der Waals surface area contributed by atoms with E-state index in [0.29, 0.717) is 0 Å². The molecule has 0 heterocycles. The summed E-state index contributed by atoms with van der Waals surface area (Å²) in [7, 11) is 0. The molecule has 0 saturated heterocycles. The smallest absolute Gasteiger partial charge is 0.0598 e. The van der Waals surface area contributed by atoms with Gasteiger partial charge in [-0.15, -0.1) is 0 Å². The van der Waals surface area contributed by atoms with Crippen LogP contribution in [-0.2, 0) is 11.2 Å². The number of aryl methyl sites for hydroxylation is 1. The second kappa shape index (κ2) is 13.0. The highest BCUT2D eigenvalue weighted by Crippen LogP contribution is 2.37. The van der Waals surface area contributed by atoms with E-state index in [2.05, 4.69) is 103 Å². The van der Waals surface area contributed by atoms with Crippen LogP contribution in [0.4, 0.5) is 0 Å². The van der Waals surface area contributed by atoms with Gasteiger partial charge in [0.15, 0.2) is 0 Å². The zero-order valence-electron chi connectivity index (χ0n) is 19.8. The number of hydrogen-bond acceptors (Lipinski definition) is 1. The van der Waals surface area contributed by atoms with Crippen molar-refractivity contribution in [1.29, 1.82) is 0 Å². The van der Waals surface area contributed by atoms with Gasteiger partial charge < -0.3 is 0 Å². The SMILES string of the molecule is CC=C(C)CCC(C)CCc1ccc(C(C)(S)C(/C=C\C)=C/C=C(\C)CC)cc1. The van der Waals surface area contributed by atoms with Crippen LogP contribution >= 0.6 is 12.6 Å². The van der Waals surface area contributed by atoms with E-state index >= 15 is 0 Å². The monoisotopic (exact) mass is 410 g/mol. The lowest BCUT2D eigenvalue weighted by Gasteiger charge is -2.26. The first-order valence-electron chi connectivity index (χ1n) is 11.2. The van der Waals surface area contributed by atoms with Gasteiger partial charge in [-0.25, -0.2) is 0 Å². The Kier molecular flexibility index (Phi) is 11.4. The lowest BCUT2D eigenvalue weighted by Crippen LogP contribution is -2.16. The minimum atomic E-state index is -0.313. The van der Waals surface area contributed by atoms with Crippen molar-refractivity contribution >= 4 is 12.6 Å². The molecule has 0 bridgehead atoms. The molecule has 0 spiro atoms. The Morgan fingerprint density at radius 1 is 1.03 bits per heavy atom. The third kappa shape index (κ3) is 8.83. The van der Waals surface area contributed by atoms with Gasteiger partial charge in [-0.3, -0.25) is 0 Å². The van der Waals surface area contributed by atoms with Crippen LogP contribution in [0.5, 0.6) is 0 Å². The Morgan fingerprint density at radius 2 is 1.69 bits per heavy atom. The van der Waals surface area contributed by atoms with Gasteiger partial charge in [0.05, 0.1) is 4.75 Å². The van der Waals surface area contributed by atoms with Crippen LogP contribution in [0.2, 0.25) is 0 Å². The van der Waals surface area contributed by atoms with Gasteiger partial charge >= 0.3 is 0 Å². The van der Waals surface area contributed by atoms with E-state index in [4.69, 9.17) is 12.6 Å². The second-order valence-corrected chi connectivity index (χ2v) is 9.47. The van der Waals surface area contributed by atoms with Crippen molar-refractivity contribution < 1.29 is 0 Å². The van der Waals surface area contributed by atoms with Gasteiger partial charge in [0, 0.05) is 0 Å². The summed E-state index contributed by atoms with van der Waals surface area (Å²) < 4.78 is -0.313. The molecule has 1 heteroatoms. The molecule has 0 aromatic heterocycles. The van der Waals surface area contributed by atoms with Crippen LogP contribution in [0.1, 0.15) is 85.3 Å². The Bertz CT molecular complexity index is 726. The van der Waals surface area contributed by atoms with Crippen molar-refractivity contribution in [2.75, 3.05) is 0 Å². The first-order valence-corrected chi connectivity index (χ1v) is 11.6. The zero-order chi connectivity index (χ0) is 21.9. The minimum absolute atomic E-state index is 0.313. The van der Waals surface area contributed by atoms with E-state index in [1.807, 2.05) is 0 Å². The molecule has 29 heavy (non-hydrogen) atoms. The molecule has 0 aliphatic carbocycles. The standard InChI is InChI=1S/C28H42S/c1-8-11-26(19-15-23(5)10-3)28(7,29)27-20-17-25(18-21-27)16-14-24(6)13-12-22(4)9-2/h8-9,11,15,17-21,24,29H,10,12-14,16H2,1-7H3/b11-8-,22-9?,23-15+,26-19+. The quantitative estimate of drug-likeness (QED) is 0.210. The summed E-state index contributed by atoms with van der Waals surface area (Å²) in [5.41, 5.74) is 6.77. The molecular weight excluding hydrogens is 368 g/mol. The lowest BCUT2D eigenvalue weighted by atomic mass is 9.89. The van der Waals surface area contributed by atoms with E-state index in [1.165, 1.54) is 47.1 Å². The number of rotatable bonds is 11. The number of allylic oxidation sites excluding steroid dienone is 7. The van der Waals surface area contributed by atoms with Crippen LogP contribution in [0, 0.1) is 5.92 Å². The molecule has 0 aliphatic rings. The molecule has 0 amide bonds. The third-order valence-electron chi connectivity index (χ3n) is 5.98. The highest BCUT2D eigenvalue weighted by atomic mass is 32.1. The van der Waals surface area contributed by atoms with Crippen LogP contribution in [-0.4, -0.2) is 0 Å². The highest BCUT2D eigenvalue weighted by molar-refractivity contribution is 7.81. The van der Waals surface area contributed by atoms with Crippen molar-refractivity contribution in [2.45, 2.75) is 85.3 Å². The zero-order valence-corrected chi connectivity index (χ0v) is 20.7. The topological polar surface area (TPSA) is 0 Å². The fraction of sp³-hybridized carbons (Fsp3) is 0.500. The van der Waals surface area contributed by atoms with Gasteiger partial charge in [0.1, 0.15) is 0 Å². The molecule has 0 fully saturated rings. The number of benzene rings is 1. The molecule has 2 unspecified atom stereocenters. The van der Waals surface area contributed by atoms with Gasteiger partial charge in [0.2, 0.25) is 0 Å². The van der Waals surface area contributed by atoms with E-state index in [1.54, 1.807) is 0 Å². The first kappa shape index (κ1) is 25.6. The Balaban J connectivity index is 2.84. The predicted molar refractivity (Wildman–Crippen MR) is 136 cm³/mol. The van der Waals surface area contributed by atoms with Crippen LogP contribution in [0.25, 0.3) is 0 Å². The summed E-state index contributed by atoms with van der Waals surface area (Å²) >= 11 is 5.06. The third-order valence-corrected chi connectivity index (χ3v) is 6.50. The average molecular weight is 411 g/mol. The lowest BCUT2D eigenvalue weighted by molar-refractivity contribution is 0.492. The Hall–Kier alpha value is -1.47. The van der Waals surface area contributed by atoms with Gasteiger partial charge in [-0.2, -0.15) is 12.6 Å². The fourth-order valence-electron chi connectivity index (χ4n) is 3.25. The molecule has 0 N–H and O–H groups in total. The molecule has 0 radical (unpaired) electrons. The highest BCUT2D eigenvalue weighted by Gasteiger charge is 2.24. The van der Waals surface area contributed by atoms with Crippen molar-refractivity contribution in [2.24, 2.45) is 5.92 Å². The molecule has 0 aliphatic heterocycles. The molecule has 1 aromatic carbocycles. The van der Waals surface area contributed by atoms with E-state index in [-0.39, 0.29) is 4.75 Å². The van der Waals surface area contributed by atoms with Gasteiger partial charge in [-0.1, -0.05) is 79.6 Å². The first-order chi connectivity index (χ1) is 13.7. The van der Waals surface area contributed by atoms with Crippen LogP contribution in [0.15, 0.2) is 71.4 Å². The van der Waals surface area contributed by atoms with Crippen molar-refractivity contribution in [3.05, 3.63) is 82.5 Å². The molecule has 0 nitrogen and oxygen atoms in total. The maximum Gasteiger partial charge on any atom is 0.0598 e. The van der Waals surface area contributed by atoms with Crippen LogP contribution < -0.4 is 0 Å². The molecule has 1 aromatic rings. The summed E-state index contributed by atoms with van der Waals surface area (Å²) in [6.45, 7) is 15.4.